The average Bonchev–Trinajstić information content (AvgIpc) is 2.60. The van der Waals surface area contributed by atoms with Gasteiger partial charge in [-0.1, -0.05) is 42.5 Å². The molecule has 6 nitrogen and oxygen atoms in total. The highest BCUT2D eigenvalue weighted by atomic mass is 19.4. The van der Waals surface area contributed by atoms with Crippen LogP contribution in [0.25, 0.3) is 0 Å². The first-order valence-corrected chi connectivity index (χ1v) is 7.77. The van der Waals surface area contributed by atoms with E-state index in [-0.39, 0.29) is 13.0 Å². The molecule has 1 amide bonds. The molecule has 0 saturated heterocycles. The maximum absolute atomic E-state index is 12.1. The van der Waals surface area contributed by atoms with Crippen LogP contribution in [0.5, 0.6) is 5.75 Å². The Labute approximate surface area is 152 Å². The van der Waals surface area contributed by atoms with Gasteiger partial charge in [-0.2, -0.15) is 0 Å². The van der Waals surface area contributed by atoms with Crippen molar-refractivity contribution in [3.8, 4) is 5.75 Å². The van der Waals surface area contributed by atoms with Crippen LogP contribution in [0.4, 0.5) is 18.0 Å². The lowest BCUT2D eigenvalue weighted by molar-refractivity contribution is -0.274. The molecule has 2 aromatic carbocycles. The predicted molar refractivity (Wildman–Crippen MR) is 88.0 cm³/mol. The third kappa shape index (κ3) is 7.27. The number of hydrogen-bond acceptors (Lipinski definition) is 4. The summed E-state index contributed by atoms with van der Waals surface area (Å²) in [5, 5.41) is 11.4. The number of amides is 1. The molecule has 0 fully saturated rings. The van der Waals surface area contributed by atoms with E-state index in [4.69, 9.17) is 4.74 Å². The largest absolute Gasteiger partial charge is 0.573 e. The molecule has 0 unspecified atom stereocenters. The normalized spacial score (nSPS) is 12.1. The molecule has 0 heterocycles. The van der Waals surface area contributed by atoms with Crippen LogP contribution in [0, 0.1) is 0 Å². The fourth-order valence-electron chi connectivity index (χ4n) is 2.17. The van der Waals surface area contributed by atoms with Crippen molar-refractivity contribution in [2.75, 3.05) is 0 Å². The monoisotopic (exact) mass is 383 g/mol. The molecule has 0 spiro atoms. The molecule has 0 aliphatic carbocycles. The van der Waals surface area contributed by atoms with Crippen molar-refractivity contribution in [2.24, 2.45) is 0 Å². The van der Waals surface area contributed by atoms with E-state index < -0.39 is 30.2 Å². The molecule has 0 bridgehead atoms. The molecule has 0 saturated carbocycles. The molecule has 2 N–H and O–H groups in total. The minimum absolute atomic E-state index is 0.0253. The van der Waals surface area contributed by atoms with Crippen LogP contribution < -0.4 is 10.1 Å². The zero-order valence-electron chi connectivity index (χ0n) is 13.9. The van der Waals surface area contributed by atoms with Crippen molar-refractivity contribution < 1.29 is 37.3 Å². The summed E-state index contributed by atoms with van der Waals surface area (Å²) in [6.45, 7) is -0.0253. The molecule has 0 aliphatic rings. The summed E-state index contributed by atoms with van der Waals surface area (Å²) in [5.41, 5.74) is 1.14. The van der Waals surface area contributed by atoms with E-state index in [1.54, 1.807) is 30.3 Å². The molecule has 9 heteroatoms. The lowest BCUT2D eigenvalue weighted by atomic mass is 10.1. The summed E-state index contributed by atoms with van der Waals surface area (Å²) in [5.74, 6) is -1.73. The Kier molecular flexibility index (Phi) is 6.64. The fraction of sp³-hybridized carbons (Fsp3) is 0.222. The molecular weight excluding hydrogens is 367 g/mol. The fourth-order valence-corrected chi connectivity index (χ4v) is 2.17. The van der Waals surface area contributed by atoms with Gasteiger partial charge in [0.1, 0.15) is 18.4 Å². The quantitative estimate of drug-likeness (QED) is 0.764. The van der Waals surface area contributed by atoms with Crippen LogP contribution in [0.1, 0.15) is 11.1 Å². The van der Waals surface area contributed by atoms with Gasteiger partial charge in [-0.15, -0.1) is 13.2 Å². The number of halogens is 3. The number of ether oxygens (including phenoxy) is 2. The highest BCUT2D eigenvalue weighted by molar-refractivity contribution is 5.80. The summed E-state index contributed by atoms with van der Waals surface area (Å²) in [7, 11) is 0. The molecule has 0 radical (unpaired) electrons. The molecule has 27 heavy (non-hydrogen) atoms. The topological polar surface area (TPSA) is 84.9 Å². The molecule has 0 aliphatic heterocycles. The molecule has 0 aromatic heterocycles. The van der Waals surface area contributed by atoms with Crippen molar-refractivity contribution in [2.45, 2.75) is 25.4 Å². The van der Waals surface area contributed by atoms with Gasteiger partial charge < -0.3 is 19.9 Å². The van der Waals surface area contributed by atoms with Crippen molar-refractivity contribution in [1.29, 1.82) is 0 Å². The van der Waals surface area contributed by atoms with Crippen LogP contribution in [0.3, 0.4) is 0 Å². The molecule has 2 aromatic rings. The Bertz CT molecular complexity index is 763. The van der Waals surface area contributed by atoms with E-state index in [9.17, 15) is 27.9 Å². The number of carboxylic acid groups (broad SMARTS) is 1. The van der Waals surface area contributed by atoms with Gasteiger partial charge in [-0.3, -0.25) is 0 Å². The van der Waals surface area contributed by atoms with Crippen LogP contribution in [0.2, 0.25) is 0 Å². The van der Waals surface area contributed by atoms with E-state index in [1.165, 1.54) is 12.1 Å². The Balaban J connectivity index is 1.91. The van der Waals surface area contributed by atoms with Gasteiger partial charge in [0.2, 0.25) is 0 Å². The summed E-state index contributed by atoms with van der Waals surface area (Å²) in [4.78, 5) is 23.1. The first kappa shape index (κ1) is 20.1. The predicted octanol–water partition coefficient (Wildman–Crippen LogP) is 3.51. The van der Waals surface area contributed by atoms with Crippen LogP contribution in [0.15, 0.2) is 54.6 Å². The van der Waals surface area contributed by atoms with Crippen LogP contribution in [-0.4, -0.2) is 29.6 Å². The lowest BCUT2D eigenvalue weighted by Crippen LogP contribution is -2.42. The van der Waals surface area contributed by atoms with E-state index in [0.717, 1.165) is 17.7 Å². The third-order valence-corrected chi connectivity index (χ3v) is 3.40. The smallest absolute Gasteiger partial charge is 0.480 e. The van der Waals surface area contributed by atoms with E-state index in [0.29, 0.717) is 5.56 Å². The number of carboxylic acids is 1. The average molecular weight is 383 g/mol. The van der Waals surface area contributed by atoms with Crippen LogP contribution >= 0.6 is 0 Å². The summed E-state index contributed by atoms with van der Waals surface area (Å²) in [6.07, 6.45) is -5.86. The van der Waals surface area contributed by atoms with E-state index >= 15 is 0 Å². The van der Waals surface area contributed by atoms with Crippen molar-refractivity contribution in [3.63, 3.8) is 0 Å². The van der Waals surface area contributed by atoms with Gasteiger partial charge in [0.15, 0.2) is 0 Å². The van der Waals surface area contributed by atoms with E-state index in [2.05, 4.69) is 10.1 Å². The number of alkyl halides is 3. The summed E-state index contributed by atoms with van der Waals surface area (Å²) in [6, 6.07) is 12.2. The molecule has 1 atom stereocenters. The second-order valence-corrected chi connectivity index (χ2v) is 5.49. The zero-order valence-corrected chi connectivity index (χ0v) is 13.9. The summed E-state index contributed by atoms with van der Waals surface area (Å²) < 4.78 is 45.1. The first-order valence-electron chi connectivity index (χ1n) is 7.77. The number of nitrogens with one attached hydrogen (secondary N) is 1. The number of carbonyl (C=O) groups excluding carboxylic acids is 1. The second kappa shape index (κ2) is 8.93. The van der Waals surface area contributed by atoms with Crippen LogP contribution in [-0.2, 0) is 22.6 Å². The van der Waals surface area contributed by atoms with Crippen molar-refractivity contribution >= 4 is 12.1 Å². The first-order chi connectivity index (χ1) is 12.7. The van der Waals surface area contributed by atoms with E-state index in [1.807, 2.05) is 0 Å². The Morgan fingerprint density at radius 3 is 2.19 bits per heavy atom. The van der Waals surface area contributed by atoms with Crippen molar-refractivity contribution in [1.82, 2.24) is 5.32 Å². The highest BCUT2D eigenvalue weighted by Crippen LogP contribution is 2.23. The minimum Gasteiger partial charge on any atom is -0.480 e. The zero-order chi connectivity index (χ0) is 19.9. The number of rotatable bonds is 7. The minimum atomic E-state index is -4.81. The lowest BCUT2D eigenvalue weighted by Gasteiger charge is -2.15. The highest BCUT2D eigenvalue weighted by Gasteiger charge is 2.31. The van der Waals surface area contributed by atoms with Gasteiger partial charge in [0.05, 0.1) is 0 Å². The molecule has 2 rings (SSSR count). The van der Waals surface area contributed by atoms with Crippen molar-refractivity contribution in [3.05, 3.63) is 65.7 Å². The van der Waals surface area contributed by atoms with Gasteiger partial charge in [-0.25, -0.2) is 9.59 Å². The van der Waals surface area contributed by atoms with Gasteiger partial charge in [-0.05, 0) is 23.3 Å². The number of benzene rings is 2. The number of alkyl carbamates (subject to hydrolysis) is 1. The maximum atomic E-state index is 12.1. The Morgan fingerprint density at radius 1 is 1.00 bits per heavy atom. The standard InChI is InChI=1S/C18H16F3NO5/c19-18(20,21)27-14-8-6-12(7-9-14)10-15(16(23)24)22-17(25)26-11-13-4-2-1-3-5-13/h1-9,15H,10-11H2,(H,22,25)(H,23,24)/t15-/m0/s1. The van der Waals surface area contributed by atoms with Gasteiger partial charge >= 0.3 is 18.4 Å². The number of hydrogen-bond donors (Lipinski definition) is 2. The van der Waals surface area contributed by atoms with Gasteiger partial charge in [0, 0.05) is 6.42 Å². The molecular formula is C18H16F3NO5. The second-order valence-electron chi connectivity index (χ2n) is 5.49. The number of carbonyl (C=O) groups is 2. The van der Waals surface area contributed by atoms with Gasteiger partial charge in [0.25, 0.3) is 0 Å². The SMILES string of the molecule is O=C(N[C@@H](Cc1ccc(OC(F)(F)F)cc1)C(=O)O)OCc1ccccc1. The maximum Gasteiger partial charge on any atom is 0.573 e. The Hall–Kier alpha value is -3.23. The third-order valence-electron chi connectivity index (χ3n) is 3.40. The Morgan fingerprint density at radius 2 is 1.63 bits per heavy atom. The summed E-state index contributed by atoms with van der Waals surface area (Å²) >= 11 is 0. The number of aliphatic carboxylic acids is 1. The molecule has 144 valence electrons.